The molecule has 0 aliphatic rings. The summed E-state index contributed by atoms with van der Waals surface area (Å²) in [5, 5.41) is 9.63. The lowest BCUT2D eigenvalue weighted by atomic mass is 10.0. The fourth-order valence-electron chi connectivity index (χ4n) is 1.19. The Morgan fingerprint density at radius 1 is 1.46 bits per heavy atom. The third-order valence-corrected chi connectivity index (χ3v) is 2.47. The highest BCUT2D eigenvalue weighted by molar-refractivity contribution is 6.99. The summed E-state index contributed by atoms with van der Waals surface area (Å²) in [7, 11) is 0. The molecule has 3 nitrogen and oxygen atoms in total. The van der Waals surface area contributed by atoms with Crippen molar-refractivity contribution in [1.29, 1.82) is 0 Å². The summed E-state index contributed by atoms with van der Waals surface area (Å²) in [5.74, 6) is 0.709. The van der Waals surface area contributed by atoms with Crippen molar-refractivity contribution in [3.63, 3.8) is 0 Å². The number of aliphatic hydroxyl groups excluding tert-OH is 1. The average Bonchev–Trinajstić information content (AvgIpc) is 2.55. The van der Waals surface area contributed by atoms with Crippen molar-refractivity contribution in [3.05, 3.63) is 11.9 Å². The maximum Gasteiger partial charge on any atom is 0.103 e. The number of rotatable bonds is 5. The summed E-state index contributed by atoms with van der Waals surface area (Å²) < 4.78 is 7.85. The first-order valence-corrected chi connectivity index (χ1v) is 5.38. The topological polar surface area (TPSA) is 46.0 Å². The predicted octanol–water partition coefficient (Wildman–Crippen LogP) is 2.40. The van der Waals surface area contributed by atoms with E-state index in [4.69, 9.17) is 0 Å². The minimum atomic E-state index is -0.419. The number of aromatic nitrogens is 2. The Morgan fingerprint density at radius 2 is 2.23 bits per heavy atom. The Bertz CT molecular complexity index is 224. The Labute approximate surface area is 83.1 Å². The van der Waals surface area contributed by atoms with Crippen LogP contribution in [0, 0.1) is 5.92 Å². The molecule has 0 saturated carbocycles. The molecule has 1 aromatic rings. The van der Waals surface area contributed by atoms with E-state index in [1.807, 2.05) is 0 Å². The normalized spacial score (nSPS) is 13.5. The van der Waals surface area contributed by atoms with Gasteiger partial charge in [-0.05, 0) is 12.3 Å². The van der Waals surface area contributed by atoms with E-state index in [2.05, 4.69) is 22.6 Å². The van der Waals surface area contributed by atoms with Crippen LogP contribution in [0.5, 0.6) is 0 Å². The number of hydrogen-bond acceptors (Lipinski definition) is 4. The zero-order valence-corrected chi connectivity index (χ0v) is 8.92. The van der Waals surface area contributed by atoms with Gasteiger partial charge >= 0.3 is 0 Å². The van der Waals surface area contributed by atoms with E-state index in [0.717, 1.165) is 31.0 Å². The van der Waals surface area contributed by atoms with Crippen molar-refractivity contribution in [3.8, 4) is 0 Å². The average molecular weight is 200 g/mol. The van der Waals surface area contributed by atoms with E-state index >= 15 is 0 Å². The number of aliphatic hydroxyl groups is 1. The van der Waals surface area contributed by atoms with E-state index in [9.17, 15) is 5.11 Å². The molecule has 74 valence electrons. The fraction of sp³-hybridized carbons (Fsp3) is 0.778. The molecule has 1 aromatic heterocycles. The summed E-state index contributed by atoms with van der Waals surface area (Å²) in [6.07, 6.45) is 4.23. The standard InChI is InChI=1S/C9H16N2OS/c1-7(2)4-3-5-9(12)8-6-10-13-11-8/h6-7,9,12H,3-5H2,1-2H3. The molecule has 0 spiro atoms. The highest BCUT2D eigenvalue weighted by Crippen LogP contribution is 2.18. The first kappa shape index (κ1) is 10.6. The van der Waals surface area contributed by atoms with Crippen LogP contribution in [0.15, 0.2) is 6.20 Å². The van der Waals surface area contributed by atoms with Crippen LogP contribution in [0.3, 0.4) is 0 Å². The molecule has 0 amide bonds. The largest absolute Gasteiger partial charge is 0.387 e. The van der Waals surface area contributed by atoms with Crippen LogP contribution >= 0.6 is 11.7 Å². The second-order valence-corrected chi connectivity index (χ2v) is 4.23. The second kappa shape index (κ2) is 5.29. The van der Waals surface area contributed by atoms with Crippen LogP contribution in [0.2, 0.25) is 0 Å². The van der Waals surface area contributed by atoms with Crippen molar-refractivity contribution < 1.29 is 5.11 Å². The number of nitrogens with zero attached hydrogens (tertiary/aromatic N) is 2. The maximum absolute atomic E-state index is 9.63. The zero-order valence-electron chi connectivity index (χ0n) is 8.10. The Hall–Kier alpha value is -0.480. The third-order valence-electron chi connectivity index (χ3n) is 1.98. The van der Waals surface area contributed by atoms with Crippen molar-refractivity contribution >= 4 is 11.7 Å². The van der Waals surface area contributed by atoms with Crippen molar-refractivity contribution in [2.45, 2.75) is 39.2 Å². The molecule has 1 unspecified atom stereocenters. The van der Waals surface area contributed by atoms with E-state index in [1.165, 1.54) is 0 Å². The Morgan fingerprint density at radius 3 is 2.77 bits per heavy atom. The van der Waals surface area contributed by atoms with Crippen molar-refractivity contribution in [1.82, 2.24) is 8.75 Å². The molecule has 0 saturated heterocycles. The molecule has 1 atom stereocenters. The molecule has 0 bridgehead atoms. The molecule has 1 rings (SSSR count). The van der Waals surface area contributed by atoms with Gasteiger partial charge in [0.05, 0.1) is 24.0 Å². The van der Waals surface area contributed by atoms with Gasteiger partial charge in [-0.1, -0.05) is 26.7 Å². The predicted molar refractivity (Wildman–Crippen MR) is 53.6 cm³/mol. The Kier molecular flexibility index (Phi) is 4.32. The quantitative estimate of drug-likeness (QED) is 0.794. The minimum absolute atomic E-state index is 0.419. The van der Waals surface area contributed by atoms with Crippen LogP contribution in [0.25, 0.3) is 0 Å². The summed E-state index contributed by atoms with van der Waals surface area (Å²) in [5.41, 5.74) is 0.716. The SMILES string of the molecule is CC(C)CCCC(O)c1cnsn1. The lowest BCUT2D eigenvalue weighted by Gasteiger charge is -2.08. The van der Waals surface area contributed by atoms with Gasteiger partial charge in [-0.3, -0.25) is 0 Å². The number of hydrogen-bond donors (Lipinski definition) is 1. The van der Waals surface area contributed by atoms with E-state index in [1.54, 1.807) is 6.20 Å². The molecule has 0 aromatic carbocycles. The van der Waals surface area contributed by atoms with Gasteiger partial charge in [0.1, 0.15) is 5.69 Å². The molecule has 0 radical (unpaired) electrons. The molecule has 1 heterocycles. The smallest absolute Gasteiger partial charge is 0.103 e. The molecule has 1 N–H and O–H groups in total. The van der Waals surface area contributed by atoms with Gasteiger partial charge in [0.15, 0.2) is 0 Å². The molecule has 0 aliphatic carbocycles. The van der Waals surface area contributed by atoms with Gasteiger partial charge in [-0.15, -0.1) is 0 Å². The van der Waals surface area contributed by atoms with E-state index in [0.29, 0.717) is 11.6 Å². The van der Waals surface area contributed by atoms with Crippen LogP contribution in [-0.4, -0.2) is 13.9 Å². The summed E-state index contributed by atoms with van der Waals surface area (Å²) in [6.45, 7) is 4.38. The molecule has 4 heteroatoms. The Balaban J connectivity index is 2.22. The summed E-state index contributed by atoms with van der Waals surface area (Å²) in [6, 6.07) is 0. The lowest BCUT2D eigenvalue weighted by molar-refractivity contribution is 0.158. The lowest BCUT2D eigenvalue weighted by Crippen LogP contribution is -1.98. The van der Waals surface area contributed by atoms with Gasteiger partial charge in [-0.2, -0.15) is 8.75 Å². The van der Waals surface area contributed by atoms with Crippen LogP contribution in [0.4, 0.5) is 0 Å². The molecule has 0 fully saturated rings. The van der Waals surface area contributed by atoms with Gasteiger partial charge < -0.3 is 5.11 Å². The van der Waals surface area contributed by atoms with Crippen LogP contribution in [-0.2, 0) is 0 Å². The first-order chi connectivity index (χ1) is 6.20. The summed E-state index contributed by atoms with van der Waals surface area (Å²) in [4.78, 5) is 0. The highest BCUT2D eigenvalue weighted by Gasteiger charge is 2.09. The first-order valence-electron chi connectivity index (χ1n) is 4.65. The van der Waals surface area contributed by atoms with E-state index < -0.39 is 6.10 Å². The maximum atomic E-state index is 9.63. The van der Waals surface area contributed by atoms with Gasteiger partial charge in [0.2, 0.25) is 0 Å². The molecular weight excluding hydrogens is 184 g/mol. The second-order valence-electron chi connectivity index (χ2n) is 3.67. The van der Waals surface area contributed by atoms with Gasteiger partial charge in [0.25, 0.3) is 0 Å². The van der Waals surface area contributed by atoms with Gasteiger partial charge in [-0.25, -0.2) is 0 Å². The minimum Gasteiger partial charge on any atom is -0.387 e. The molecule has 13 heavy (non-hydrogen) atoms. The fourth-order valence-corrected chi connectivity index (χ4v) is 1.65. The van der Waals surface area contributed by atoms with E-state index in [-0.39, 0.29) is 0 Å². The summed E-state index contributed by atoms with van der Waals surface area (Å²) >= 11 is 1.15. The highest BCUT2D eigenvalue weighted by atomic mass is 32.1. The zero-order chi connectivity index (χ0) is 9.68. The van der Waals surface area contributed by atoms with Crippen LogP contribution < -0.4 is 0 Å². The van der Waals surface area contributed by atoms with Crippen molar-refractivity contribution in [2.75, 3.05) is 0 Å². The third kappa shape index (κ3) is 3.83. The molecule has 0 aliphatic heterocycles. The van der Waals surface area contributed by atoms with Crippen LogP contribution in [0.1, 0.15) is 44.9 Å². The molecular formula is C9H16N2OS. The monoisotopic (exact) mass is 200 g/mol. The van der Waals surface area contributed by atoms with Gasteiger partial charge in [0, 0.05) is 0 Å². The van der Waals surface area contributed by atoms with Crippen molar-refractivity contribution in [2.24, 2.45) is 5.92 Å².